The lowest BCUT2D eigenvalue weighted by Gasteiger charge is -2.30. The van der Waals surface area contributed by atoms with Crippen LogP contribution >= 0.6 is 11.6 Å². The highest BCUT2D eigenvalue weighted by Gasteiger charge is 2.24. The molecule has 86 valence electrons. The fourth-order valence-electron chi connectivity index (χ4n) is 2.10. The summed E-state index contributed by atoms with van der Waals surface area (Å²) in [4.78, 5) is 13.3. The van der Waals surface area contributed by atoms with E-state index in [1.807, 2.05) is 6.07 Å². The molecule has 5 heteroatoms. The average Bonchev–Trinajstić information content (AvgIpc) is 2.26. The number of nitrogen functional groups attached to an aromatic ring is 1. The molecular formula is C11H14ClN3O. The molecule has 1 aromatic rings. The number of halogens is 1. The molecule has 0 aromatic heterocycles. The van der Waals surface area contributed by atoms with E-state index >= 15 is 0 Å². The first kappa shape index (κ1) is 11.2. The molecule has 0 saturated carbocycles. The molecule has 0 fully saturated rings. The second-order valence-electron chi connectivity index (χ2n) is 3.86. The molecule has 0 atom stereocenters. The van der Waals surface area contributed by atoms with E-state index in [2.05, 4.69) is 0 Å². The molecule has 1 amide bonds. The molecule has 0 saturated heterocycles. The smallest absolute Gasteiger partial charge is 0.240 e. The molecule has 4 nitrogen and oxygen atoms in total. The summed E-state index contributed by atoms with van der Waals surface area (Å²) < 4.78 is 0. The molecule has 0 aliphatic carbocycles. The van der Waals surface area contributed by atoms with Crippen LogP contribution in [0, 0.1) is 0 Å². The van der Waals surface area contributed by atoms with Crippen molar-refractivity contribution >= 4 is 28.9 Å². The standard InChI is InChI=1S/C11H14ClN3O/c12-8-4-7-2-1-3-15(10(16)6-13)11(7)9(14)5-8/h4-5H,1-3,6,13-14H2. The number of aryl methyl sites for hydroxylation is 1. The summed E-state index contributed by atoms with van der Waals surface area (Å²) in [7, 11) is 0. The number of amides is 1. The summed E-state index contributed by atoms with van der Waals surface area (Å²) in [6.07, 6.45) is 1.81. The number of nitrogens with zero attached hydrogens (tertiary/aromatic N) is 1. The topological polar surface area (TPSA) is 72.4 Å². The van der Waals surface area contributed by atoms with Crippen molar-refractivity contribution in [2.45, 2.75) is 12.8 Å². The maximum absolute atomic E-state index is 11.7. The van der Waals surface area contributed by atoms with Gasteiger partial charge in [0.1, 0.15) is 0 Å². The second-order valence-corrected chi connectivity index (χ2v) is 4.29. The van der Waals surface area contributed by atoms with E-state index in [-0.39, 0.29) is 12.5 Å². The van der Waals surface area contributed by atoms with Crippen LogP contribution in [-0.4, -0.2) is 19.0 Å². The first-order valence-electron chi connectivity index (χ1n) is 5.22. The second kappa shape index (κ2) is 4.31. The zero-order valence-corrected chi connectivity index (χ0v) is 9.63. The van der Waals surface area contributed by atoms with Gasteiger partial charge in [-0.25, -0.2) is 0 Å². The van der Waals surface area contributed by atoms with Crippen LogP contribution in [0.15, 0.2) is 12.1 Å². The number of carbonyl (C=O) groups excluding carboxylic acids is 1. The summed E-state index contributed by atoms with van der Waals surface area (Å²) in [5.41, 5.74) is 13.6. The van der Waals surface area contributed by atoms with E-state index in [9.17, 15) is 4.79 Å². The summed E-state index contributed by atoms with van der Waals surface area (Å²) >= 11 is 5.93. The van der Waals surface area contributed by atoms with Crippen LogP contribution in [0.25, 0.3) is 0 Å². The molecule has 0 spiro atoms. The molecule has 0 unspecified atom stereocenters. The summed E-state index contributed by atoms with van der Waals surface area (Å²) in [6, 6.07) is 3.53. The number of hydrogen-bond acceptors (Lipinski definition) is 3. The van der Waals surface area contributed by atoms with Crippen LogP contribution in [0.4, 0.5) is 11.4 Å². The number of hydrogen-bond donors (Lipinski definition) is 2. The number of nitrogens with two attached hydrogens (primary N) is 2. The largest absolute Gasteiger partial charge is 0.397 e. The highest BCUT2D eigenvalue weighted by molar-refractivity contribution is 6.31. The highest BCUT2D eigenvalue weighted by Crippen LogP contribution is 2.35. The van der Waals surface area contributed by atoms with E-state index < -0.39 is 0 Å². The van der Waals surface area contributed by atoms with Crippen molar-refractivity contribution in [1.82, 2.24) is 0 Å². The van der Waals surface area contributed by atoms with Crippen LogP contribution < -0.4 is 16.4 Å². The van der Waals surface area contributed by atoms with Crippen molar-refractivity contribution in [3.63, 3.8) is 0 Å². The number of rotatable bonds is 1. The maximum atomic E-state index is 11.7. The van der Waals surface area contributed by atoms with Gasteiger partial charge in [-0.05, 0) is 30.5 Å². The van der Waals surface area contributed by atoms with E-state index in [0.717, 1.165) is 24.1 Å². The quantitative estimate of drug-likeness (QED) is 0.723. The Morgan fingerprint density at radius 2 is 2.25 bits per heavy atom. The van der Waals surface area contributed by atoms with Gasteiger partial charge in [0.05, 0.1) is 17.9 Å². The van der Waals surface area contributed by atoms with Crippen LogP contribution in [0.3, 0.4) is 0 Å². The molecule has 1 heterocycles. The van der Waals surface area contributed by atoms with Crippen molar-refractivity contribution in [3.8, 4) is 0 Å². The Morgan fingerprint density at radius 3 is 2.94 bits per heavy atom. The van der Waals surface area contributed by atoms with Gasteiger partial charge in [0, 0.05) is 11.6 Å². The molecule has 1 aliphatic rings. The Morgan fingerprint density at radius 1 is 1.50 bits per heavy atom. The first-order valence-corrected chi connectivity index (χ1v) is 5.59. The first-order chi connectivity index (χ1) is 7.63. The Balaban J connectivity index is 2.49. The molecule has 2 rings (SSSR count). The fraction of sp³-hybridized carbons (Fsp3) is 0.364. The Bertz CT molecular complexity index is 433. The number of carbonyl (C=O) groups is 1. The van der Waals surface area contributed by atoms with E-state index in [0.29, 0.717) is 17.3 Å². The van der Waals surface area contributed by atoms with E-state index in [4.69, 9.17) is 23.1 Å². The highest BCUT2D eigenvalue weighted by atomic mass is 35.5. The average molecular weight is 240 g/mol. The van der Waals surface area contributed by atoms with Gasteiger partial charge in [-0.3, -0.25) is 4.79 Å². The van der Waals surface area contributed by atoms with Crippen molar-refractivity contribution < 1.29 is 4.79 Å². The fourth-order valence-corrected chi connectivity index (χ4v) is 2.35. The molecule has 1 aromatic carbocycles. The summed E-state index contributed by atoms with van der Waals surface area (Å²) in [5, 5.41) is 0.610. The third-order valence-corrected chi connectivity index (χ3v) is 2.97. The van der Waals surface area contributed by atoms with Crippen LogP contribution in [0.1, 0.15) is 12.0 Å². The minimum Gasteiger partial charge on any atom is -0.397 e. The Hall–Kier alpha value is -1.26. The molecule has 1 aliphatic heterocycles. The Kier molecular flexibility index (Phi) is 3.03. The van der Waals surface area contributed by atoms with E-state index in [1.54, 1.807) is 11.0 Å². The lowest BCUT2D eigenvalue weighted by Crippen LogP contribution is -2.40. The molecule has 16 heavy (non-hydrogen) atoms. The van der Waals surface area contributed by atoms with Crippen molar-refractivity contribution in [1.29, 1.82) is 0 Å². The van der Waals surface area contributed by atoms with Crippen molar-refractivity contribution in [2.75, 3.05) is 23.7 Å². The number of fused-ring (bicyclic) bond motifs is 1. The van der Waals surface area contributed by atoms with Gasteiger partial charge in [-0.2, -0.15) is 0 Å². The zero-order chi connectivity index (χ0) is 11.7. The van der Waals surface area contributed by atoms with E-state index in [1.165, 1.54) is 0 Å². The number of benzene rings is 1. The van der Waals surface area contributed by atoms with Crippen LogP contribution in [0.2, 0.25) is 5.02 Å². The van der Waals surface area contributed by atoms with Crippen LogP contribution in [0.5, 0.6) is 0 Å². The lowest BCUT2D eigenvalue weighted by atomic mass is 10.0. The van der Waals surface area contributed by atoms with Crippen molar-refractivity contribution in [2.24, 2.45) is 5.73 Å². The lowest BCUT2D eigenvalue weighted by molar-refractivity contribution is -0.117. The number of anilines is 2. The molecule has 0 bridgehead atoms. The van der Waals surface area contributed by atoms with Gasteiger partial charge in [0.25, 0.3) is 0 Å². The molecular weight excluding hydrogens is 226 g/mol. The minimum atomic E-state index is -0.102. The monoisotopic (exact) mass is 239 g/mol. The van der Waals surface area contributed by atoms with Gasteiger partial charge in [-0.1, -0.05) is 11.6 Å². The predicted octanol–water partition coefficient (Wildman–Crippen LogP) is 1.16. The summed E-state index contributed by atoms with van der Waals surface area (Å²) in [6.45, 7) is 0.677. The van der Waals surface area contributed by atoms with Crippen molar-refractivity contribution in [3.05, 3.63) is 22.7 Å². The SMILES string of the molecule is NCC(=O)N1CCCc2cc(Cl)cc(N)c21. The third-order valence-electron chi connectivity index (χ3n) is 2.76. The summed E-state index contributed by atoms with van der Waals surface area (Å²) in [5.74, 6) is -0.102. The molecule has 4 N–H and O–H groups in total. The normalized spacial score (nSPS) is 14.8. The van der Waals surface area contributed by atoms with Gasteiger partial charge in [0.2, 0.25) is 5.91 Å². The van der Waals surface area contributed by atoms with Gasteiger partial charge < -0.3 is 16.4 Å². The maximum Gasteiger partial charge on any atom is 0.240 e. The Labute approximate surface area is 99.2 Å². The van der Waals surface area contributed by atoms with Gasteiger partial charge in [0.15, 0.2) is 0 Å². The predicted molar refractivity (Wildman–Crippen MR) is 65.6 cm³/mol. The van der Waals surface area contributed by atoms with Gasteiger partial charge in [-0.15, -0.1) is 0 Å². The van der Waals surface area contributed by atoms with Crippen LogP contribution in [-0.2, 0) is 11.2 Å². The zero-order valence-electron chi connectivity index (χ0n) is 8.87. The molecule has 0 radical (unpaired) electrons. The minimum absolute atomic E-state index is 0.00149. The van der Waals surface area contributed by atoms with Gasteiger partial charge >= 0.3 is 0 Å². The third kappa shape index (κ3) is 1.86.